The summed E-state index contributed by atoms with van der Waals surface area (Å²) in [5.41, 5.74) is 5.07. The van der Waals surface area contributed by atoms with Crippen molar-refractivity contribution in [2.75, 3.05) is 13.2 Å². The standard InChI is InChI=1S/C14H21N5O6/c15-11(22)12-17-6-19(18-12)13-10(21)9(20)8(25-13)5-24-14(23)7-3-1-2-4-16-7/h6-10,13,16,20-21H,1-5H2,(H2,15,22)/t7-,8-,9-,10-,13-/m1/s1. The van der Waals surface area contributed by atoms with Gasteiger partial charge in [-0.15, -0.1) is 5.10 Å². The fourth-order valence-corrected chi connectivity index (χ4v) is 2.91. The van der Waals surface area contributed by atoms with Gasteiger partial charge in [0, 0.05) is 0 Å². The van der Waals surface area contributed by atoms with Crippen LogP contribution in [0.5, 0.6) is 0 Å². The maximum absolute atomic E-state index is 12.0. The monoisotopic (exact) mass is 355 g/mol. The highest BCUT2D eigenvalue weighted by Crippen LogP contribution is 2.29. The molecule has 3 heterocycles. The number of ether oxygens (including phenoxy) is 2. The Morgan fingerprint density at radius 2 is 2.20 bits per heavy atom. The number of nitrogens with zero attached hydrogens (tertiary/aromatic N) is 3. The lowest BCUT2D eigenvalue weighted by atomic mass is 10.1. The van der Waals surface area contributed by atoms with E-state index in [1.54, 1.807) is 0 Å². The fraction of sp³-hybridized carbons (Fsp3) is 0.714. The van der Waals surface area contributed by atoms with Gasteiger partial charge in [-0.25, -0.2) is 9.67 Å². The van der Waals surface area contributed by atoms with Crippen LogP contribution in [0.4, 0.5) is 0 Å². The summed E-state index contributed by atoms with van der Waals surface area (Å²) in [6.07, 6.45) is -0.746. The number of piperidine rings is 1. The van der Waals surface area contributed by atoms with Crippen LogP contribution in [0.15, 0.2) is 6.33 Å². The van der Waals surface area contributed by atoms with Gasteiger partial charge in [0.1, 0.15) is 37.3 Å². The second kappa shape index (κ2) is 7.44. The van der Waals surface area contributed by atoms with Gasteiger partial charge in [-0.3, -0.25) is 9.59 Å². The van der Waals surface area contributed by atoms with Gasteiger partial charge in [-0.2, -0.15) is 0 Å². The molecule has 11 heteroatoms. The average Bonchev–Trinajstić information content (AvgIpc) is 3.20. The largest absolute Gasteiger partial charge is 0.462 e. The van der Waals surface area contributed by atoms with Crippen molar-refractivity contribution in [3.63, 3.8) is 0 Å². The summed E-state index contributed by atoms with van der Waals surface area (Å²) in [6, 6.07) is -0.360. The van der Waals surface area contributed by atoms with Gasteiger partial charge >= 0.3 is 5.97 Å². The number of esters is 1. The van der Waals surface area contributed by atoms with Gasteiger partial charge in [0.15, 0.2) is 6.23 Å². The highest BCUT2D eigenvalue weighted by atomic mass is 16.6. The lowest BCUT2D eigenvalue weighted by Crippen LogP contribution is -2.43. The number of aromatic nitrogens is 3. The third-order valence-corrected chi connectivity index (χ3v) is 4.31. The molecule has 2 saturated heterocycles. The molecule has 1 amide bonds. The normalized spacial score (nSPS) is 32.5. The number of aliphatic hydroxyl groups excluding tert-OH is 2. The van der Waals surface area contributed by atoms with Gasteiger partial charge < -0.3 is 30.7 Å². The van der Waals surface area contributed by atoms with Crippen molar-refractivity contribution in [2.24, 2.45) is 5.73 Å². The lowest BCUT2D eigenvalue weighted by Gasteiger charge is -2.23. The zero-order chi connectivity index (χ0) is 18.0. The van der Waals surface area contributed by atoms with Crippen LogP contribution >= 0.6 is 0 Å². The van der Waals surface area contributed by atoms with Gasteiger partial charge in [-0.1, -0.05) is 6.42 Å². The number of primary amides is 1. The molecule has 0 saturated carbocycles. The van der Waals surface area contributed by atoms with Crippen molar-refractivity contribution in [1.82, 2.24) is 20.1 Å². The third-order valence-electron chi connectivity index (χ3n) is 4.31. The van der Waals surface area contributed by atoms with Crippen LogP contribution < -0.4 is 11.1 Å². The molecule has 1 aromatic rings. The minimum atomic E-state index is -1.32. The summed E-state index contributed by atoms with van der Waals surface area (Å²) in [6.45, 7) is 0.556. The second-order valence-electron chi connectivity index (χ2n) is 6.09. The molecule has 2 aliphatic rings. The smallest absolute Gasteiger partial charge is 0.323 e. The highest BCUT2D eigenvalue weighted by molar-refractivity contribution is 5.88. The highest BCUT2D eigenvalue weighted by Gasteiger charge is 2.45. The summed E-state index contributed by atoms with van der Waals surface area (Å²) in [4.78, 5) is 26.7. The van der Waals surface area contributed by atoms with E-state index in [0.29, 0.717) is 6.42 Å². The molecule has 0 aliphatic carbocycles. The molecule has 5 atom stereocenters. The molecule has 0 unspecified atom stereocenters. The Labute approximate surface area is 143 Å². The van der Waals surface area contributed by atoms with Crippen LogP contribution in [0.1, 0.15) is 36.1 Å². The van der Waals surface area contributed by atoms with E-state index in [-0.39, 0.29) is 18.5 Å². The summed E-state index contributed by atoms with van der Waals surface area (Å²) >= 11 is 0. The van der Waals surface area contributed by atoms with Gasteiger partial charge in [0.05, 0.1) is 0 Å². The topological polar surface area (TPSA) is 162 Å². The molecule has 0 radical (unpaired) electrons. The Morgan fingerprint density at radius 3 is 2.84 bits per heavy atom. The molecule has 0 aromatic carbocycles. The van der Waals surface area contributed by atoms with E-state index in [9.17, 15) is 19.8 Å². The second-order valence-corrected chi connectivity index (χ2v) is 6.09. The molecular formula is C14H21N5O6. The number of nitrogens with two attached hydrogens (primary N) is 1. The minimum Gasteiger partial charge on any atom is -0.462 e. The van der Waals surface area contributed by atoms with E-state index >= 15 is 0 Å². The summed E-state index contributed by atoms with van der Waals surface area (Å²) in [7, 11) is 0. The Bertz CT molecular complexity index is 631. The number of nitrogens with one attached hydrogen (secondary N) is 1. The van der Waals surface area contributed by atoms with E-state index < -0.39 is 36.4 Å². The van der Waals surface area contributed by atoms with E-state index in [2.05, 4.69) is 15.4 Å². The van der Waals surface area contributed by atoms with Crippen molar-refractivity contribution in [3.8, 4) is 0 Å². The van der Waals surface area contributed by atoms with Crippen LogP contribution in [-0.2, 0) is 14.3 Å². The molecule has 11 nitrogen and oxygen atoms in total. The summed E-state index contributed by atoms with van der Waals surface area (Å²) in [5.74, 6) is -1.47. The van der Waals surface area contributed by atoms with Crippen molar-refractivity contribution in [3.05, 3.63) is 12.2 Å². The first kappa shape index (κ1) is 17.7. The Hall–Kier alpha value is -2.08. The Morgan fingerprint density at radius 1 is 1.40 bits per heavy atom. The number of rotatable bonds is 5. The molecule has 0 bridgehead atoms. The predicted molar refractivity (Wildman–Crippen MR) is 81.1 cm³/mol. The van der Waals surface area contributed by atoms with Crippen LogP contribution in [0.2, 0.25) is 0 Å². The fourth-order valence-electron chi connectivity index (χ4n) is 2.91. The molecule has 2 aliphatic heterocycles. The summed E-state index contributed by atoms with van der Waals surface area (Å²) < 4.78 is 11.8. The average molecular weight is 355 g/mol. The number of carbonyl (C=O) groups is 2. The number of aliphatic hydroxyl groups is 2. The number of carbonyl (C=O) groups excluding carboxylic acids is 2. The Balaban J connectivity index is 1.57. The van der Waals surface area contributed by atoms with E-state index in [4.69, 9.17) is 15.2 Å². The predicted octanol–water partition coefficient (Wildman–Crippen LogP) is -2.32. The molecule has 3 rings (SSSR count). The molecule has 0 spiro atoms. The van der Waals surface area contributed by atoms with Gasteiger partial charge in [0.2, 0.25) is 5.82 Å². The molecule has 2 fully saturated rings. The van der Waals surface area contributed by atoms with Crippen LogP contribution in [0.3, 0.4) is 0 Å². The first-order chi connectivity index (χ1) is 12.0. The van der Waals surface area contributed by atoms with Crippen LogP contribution in [-0.4, -0.2) is 74.4 Å². The number of amides is 1. The van der Waals surface area contributed by atoms with Crippen molar-refractivity contribution >= 4 is 11.9 Å². The zero-order valence-electron chi connectivity index (χ0n) is 13.4. The quantitative estimate of drug-likeness (QED) is 0.425. The third kappa shape index (κ3) is 3.79. The minimum absolute atomic E-state index is 0.205. The van der Waals surface area contributed by atoms with Crippen molar-refractivity contribution in [2.45, 2.75) is 49.8 Å². The van der Waals surface area contributed by atoms with Crippen LogP contribution in [0.25, 0.3) is 0 Å². The van der Waals surface area contributed by atoms with Gasteiger partial charge in [-0.05, 0) is 19.4 Å². The molecule has 1 aromatic heterocycles. The maximum atomic E-state index is 12.0. The first-order valence-corrected chi connectivity index (χ1v) is 8.10. The van der Waals surface area contributed by atoms with E-state index in [0.717, 1.165) is 24.1 Å². The molecule has 25 heavy (non-hydrogen) atoms. The number of hydrogen-bond donors (Lipinski definition) is 4. The summed E-state index contributed by atoms with van der Waals surface area (Å²) in [5, 5.41) is 27.1. The first-order valence-electron chi connectivity index (χ1n) is 8.10. The Kier molecular flexibility index (Phi) is 5.27. The SMILES string of the molecule is NC(=O)c1ncn([C@@H]2O[C@H](COC(=O)[C@H]3CCCCN3)[C@@H](O)[C@H]2O)n1. The van der Waals surface area contributed by atoms with Crippen molar-refractivity contribution < 1.29 is 29.3 Å². The molecule has 138 valence electrons. The lowest BCUT2D eigenvalue weighted by molar-refractivity contribution is -0.153. The maximum Gasteiger partial charge on any atom is 0.323 e. The molecular weight excluding hydrogens is 334 g/mol. The number of hydrogen-bond acceptors (Lipinski definition) is 9. The molecule has 5 N–H and O–H groups in total. The van der Waals surface area contributed by atoms with Crippen molar-refractivity contribution in [1.29, 1.82) is 0 Å². The zero-order valence-corrected chi connectivity index (χ0v) is 13.4. The van der Waals surface area contributed by atoms with Crippen LogP contribution in [0, 0.1) is 0 Å². The van der Waals surface area contributed by atoms with Gasteiger partial charge in [0.25, 0.3) is 5.91 Å². The van der Waals surface area contributed by atoms with E-state index in [1.165, 1.54) is 6.33 Å². The van der Waals surface area contributed by atoms with E-state index in [1.807, 2.05) is 0 Å².